The van der Waals surface area contributed by atoms with Crippen molar-refractivity contribution >= 4 is 23.0 Å². The monoisotopic (exact) mass is 329 g/mol. The van der Waals surface area contributed by atoms with Crippen LogP contribution in [0.15, 0.2) is 16.9 Å². The van der Waals surface area contributed by atoms with E-state index in [1.54, 1.807) is 0 Å². The molecule has 1 aromatic carbocycles. The fraction of sp³-hybridized carbons (Fsp3) is 0.533. The topological polar surface area (TPSA) is 60.7 Å². The van der Waals surface area contributed by atoms with Gasteiger partial charge in [0.1, 0.15) is 0 Å². The predicted molar refractivity (Wildman–Crippen MR) is 87.0 cm³/mol. The van der Waals surface area contributed by atoms with Crippen molar-refractivity contribution in [1.29, 1.82) is 0 Å². The number of halogens is 2. The van der Waals surface area contributed by atoms with Crippen LogP contribution in [0.5, 0.6) is 0 Å². The van der Waals surface area contributed by atoms with Crippen molar-refractivity contribution in [1.82, 2.24) is 14.7 Å². The standard InChI is InChI=1S/C8H17NS.C7H4F2N2O/c1-2-10-9-8-6-4-3-5-7-8;8-3-1-5-6(2-4(3)9)11-7(12)10-5/h8-9H,2-7H2,1H3;1-2H,(H2,10,11,12). The van der Waals surface area contributed by atoms with Crippen LogP contribution in [0.1, 0.15) is 39.0 Å². The minimum Gasteiger partial charge on any atom is -0.306 e. The van der Waals surface area contributed by atoms with Crippen LogP contribution in [0.3, 0.4) is 0 Å². The molecule has 1 aliphatic rings. The number of nitrogens with one attached hydrogen (secondary N) is 3. The Hall–Kier alpha value is -1.34. The lowest BCUT2D eigenvalue weighted by Crippen LogP contribution is -2.25. The highest BCUT2D eigenvalue weighted by molar-refractivity contribution is 7.97. The summed E-state index contributed by atoms with van der Waals surface area (Å²) in [5.41, 5.74) is 0.0489. The lowest BCUT2D eigenvalue weighted by molar-refractivity contribution is 0.423. The zero-order valence-corrected chi connectivity index (χ0v) is 13.4. The Kier molecular flexibility index (Phi) is 6.45. The maximum absolute atomic E-state index is 12.5. The van der Waals surface area contributed by atoms with Gasteiger partial charge < -0.3 is 9.97 Å². The second kappa shape index (κ2) is 8.33. The Labute approximate surface area is 132 Å². The van der Waals surface area contributed by atoms with E-state index in [1.807, 2.05) is 11.9 Å². The summed E-state index contributed by atoms with van der Waals surface area (Å²) in [7, 11) is 0. The zero-order chi connectivity index (χ0) is 15.9. The second-order valence-electron chi connectivity index (χ2n) is 5.28. The first kappa shape index (κ1) is 17.0. The summed E-state index contributed by atoms with van der Waals surface area (Å²) in [5, 5.41) is 0. The number of aromatic amines is 2. The van der Waals surface area contributed by atoms with E-state index in [0.717, 1.165) is 18.2 Å². The highest BCUT2D eigenvalue weighted by atomic mass is 32.2. The van der Waals surface area contributed by atoms with Crippen LogP contribution in [0.4, 0.5) is 8.78 Å². The number of H-pyrrole nitrogens is 2. The quantitative estimate of drug-likeness (QED) is 0.752. The van der Waals surface area contributed by atoms with Crippen molar-refractivity contribution in [2.24, 2.45) is 0 Å². The van der Waals surface area contributed by atoms with Crippen molar-refractivity contribution in [3.8, 4) is 0 Å². The van der Waals surface area contributed by atoms with E-state index in [4.69, 9.17) is 0 Å². The van der Waals surface area contributed by atoms with Gasteiger partial charge in [-0.25, -0.2) is 13.6 Å². The molecule has 1 aliphatic carbocycles. The van der Waals surface area contributed by atoms with Gasteiger partial charge in [-0.2, -0.15) is 0 Å². The molecule has 0 spiro atoms. The Morgan fingerprint density at radius 1 is 1.14 bits per heavy atom. The number of benzene rings is 1. The van der Waals surface area contributed by atoms with Crippen molar-refractivity contribution in [3.05, 3.63) is 34.3 Å². The molecule has 0 radical (unpaired) electrons. The molecule has 3 rings (SSSR count). The van der Waals surface area contributed by atoms with Gasteiger partial charge in [0.25, 0.3) is 0 Å². The predicted octanol–water partition coefficient (Wildman–Crippen LogP) is 3.71. The van der Waals surface area contributed by atoms with Crippen molar-refractivity contribution in [2.75, 3.05) is 5.75 Å². The molecule has 4 nitrogen and oxygen atoms in total. The maximum Gasteiger partial charge on any atom is 0.323 e. The van der Waals surface area contributed by atoms with Crippen LogP contribution in [0.25, 0.3) is 11.0 Å². The minimum atomic E-state index is -0.974. The Morgan fingerprint density at radius 2 is 1.68 bits per heavy atom. The van der Waals surface area contributed by atoms with Gasteiger partial charge >= 0.3 is 5.69 Å². The van der Waals surface area contributed by atoms with Crippen LogP contribution in [-0.4, -0.2) is 21.8 Å². The third-order valence-corrected chi connectivity index (χ3v) is 4.35. The van der Waals surface area contributed by atoms with Gasteiger partial charge in [-0.15, -0.1) is 0 Å². The maximum atomic E-state index is 12.5. The van der Waals surface area contributed by atoms with Gasteiger partial charge in [0.05, 0.1) is 11.0 Å². The number of aromatic nitrogens is 2. The molecule has 0 bridgehead atoms. The summed E-state index contributed by atoms with van der Waals surface area (Å²) in [4.78, 5) is 15.3. The summed E-state index contributed by atoms with van der Waals surface area (Å²) in [6, 6.07) is 2.68. The van der Waals surface area contributed by atoms with Gasteiger partial charge in [-0.1, -0.05) is 38.1 Å². The number of hydrogen-bond acceptors (Lipinski definition) is 3. The Balaban J connectivity index is 0.000000164. The van der Waals surface area contributed by atoms with Crippen LogP contribution in [-0.2, 0) is 0 Å². The molecule has 1 fully saturated rings. The Bertz CT molecular complexity index is 608. The molecule has 0 aliphatic heterocycles. The first-order chi connectivity index (χ1) is 10.6. The molecule has 0 saturated heterocycles. The summed E-state index contributed by atoms with van der Waals surface area (Å²) in [5.74, 6) is -0.758. The summed E-state index contributed by atoms with van der Waals surface area (Å²) in [6.45, 7) is 2.19. The van der Waals surface area contributed by atoms with Crippen molar-refractivity contribution in [2.45, 2.75) is 45.1 Å². The molecule has 2 aromatic rings. The molecule has 1 aromatic heterocycles. The molecule has 122 valence electrons. The van der Waals surface area contributed by atoms with E-state index in [1.165, 1.54) is 37.9 Å². The van der Waals surface area contributed by atoms with E-state index < -0.39 is 17.3 Å². The van der Waals surface area contributed by atoms with E-state index >= 15 is 0 Å². The number of fused-ring (bicyclic) bond motifs is 1. The smallest absolute Gasteiger partial charge is 0.306 e. The largest absolute Gasteiger partial charge is 0.323 e. The van der Waals surface area contributed by atoms with Gasteiger partial charge in [-0.3, -0.25) is 4.72 Å². The summed E-state index contributed by atoms with van der Waals surface area (Å²) < 4.78 is 28.6. The summed E-state index contributed by atoms with van der Waals surface area (Å²) >= 11 is 1.86. The van der Waals surface area contributed by atoms with Crippen LogP contribution >= 0.6 is 11.9 Å². The van der Waals surface area contributed by atoms with Gasteiger partial charge in [0.15, 0.2) is 11.6 Å². The first-order valence-electron chi connectivity index (χ1n) is 7.54. The van der Waals surface area contributed by atoms with Gasteiger partial charge in [-0.05, 0) is 12.8 Å². The van der Waals surface area contributed by atoms with E-state index in [9.17, 15) is 13.6 Å². The minimum absolute atomic E-state index is 0.263. The van der Waals surface area contributed by atoms with Crippen LogP contribution in [0.2, 0.25) is 0 Å². The summed E-state index contributed by atoms with van der Waals surface area (Å²) in [6.07, 6.45) is 7.11. The molecule has 1 saturated carbocycles. The SMILES string of the molecule is CCSNC1CCCCC1.O=c1[nH]c2cc(F)c(F)cc2[nH]1. The van der Waals surface area contributed by atoms with Crippen molar-refractivity contribution < 1.29 is 8.78 Å². The van der Waals surface area contributed by atoms with Crippen molar-refractivity contribution in [3.63, 3.8) is 0 Å². The lowest BCUT2D eigenvalue weighted by Gasteiger charge is -2.21. The first-order valence-corrected chi connectivity index (χ1v) is 8.53. The highest BCUT2D eigenvalue weighted by Crippen LogP contribution is 2.18. The molecule has 22 heavy (non-hydrogen) atoms. The zero-order valence-electron chi connectivity index (χ0n) is 12.5. The van der Waals surface area contributed by atoms with Crippen LogP contribution < -0.4 is 10.4 Å². The normalized spacial score (nSPS) is 15.6. The fourth-order valence-corrected chi connectivity index (χ4v) is 3.09. The highest BCUT2D eigenvalue weighted by Gasteiger charge is 2.11. The molecule has 7 heteroatoms. The Morgan fingerprint density at radius 3 is 2.18 bits per heavy atom. The lowest BCUT2D eigenvalue weighted by atomic mass is 9.96. The van der Waals surface area contributed by atoms with Crippen LogP contribution in [0, 0.1) is 11.6 Å². The van der Waals surface area contributed by atoms with Gasteiger partial charge in [0.2, 0.25) is 0 Å². The number of imidazole rings is 1. The van der Waals surface area contributed by atoms with E-state index in [0.29, 0.717) is 0 Å². The molecule has 1 heterocycles. The molecular weight excluding hydrogens is 308 g/mol. The van der Waals surface area contributed by atoms with E-state index in [2.05, 4.69) is 21.6 Å². The van der Waals surface area contributed by atoms with Gasteiger partial charge in [0, 0.05) is 23.9 Å². The average Bonchev–Trinajstić information content (AvgIpc) is 2.86. The molecular formula is C15H21F2N3OS. The molecule has 3 N–H and O–H groups in total. The molecule has 0 amide bonds. The molecule has 0 atom stereocenters. The third-order valence-electron chi connectivity index (χ3n) is 3.56. The average molecular weight is 329 g/mol. The van der Waals surface area contributed by atoms with E-state index in [-0.39, 0.29) is 11.0 Å². The number of hydrogen-bond donors (Lipinski definition) is 3. The fourth-order valence-electron chi connectivity index (χ4n) is 2.45. The third kappa shape index (κ3) is 4.84. The molecule has 0 unspecified atom stereocenters. The second-order valence-corrected chi connectivity index (χ2v) is 6.38. The number of rotatable bonds is 3.